The van der Waals surface area contributed by atoms with E-state index in [1.807, 2.05) is 0 Å². The van der Waals surface area contributed by atoms with Crippen molar-refractivity contribution in [2.45, 2.75) is 142 Å². The van der Waals surface area contributed by atoms with E-state index in [0.29, 0.717) is 0 Å². The van der Waals surface area contributed by atoms with E-state index in [4.69, 9.17) is 11.5 Å². The van der Waals surface area contributed by atoms with E-state index in [2.05, 4.69) is 67.2 Å². The Hall–Kier alpha value is -0.120. The Kier molecular flexibility index (Phi) is 7.44. The standard InChI is InChI=1S/C23H49N3/c1-10-11-17-23(24,25)21(8,9)18-22(15-13-12-14-16-22)26(19(2,3)4)20(5,6)7/h10-18,24-25H2,1-9H3/i26+1. The van der Waals surface area contributed by atoms with Crippen LogP contribution in [0.2, 0.25) is 0 Å². The summed E-state index contributed by atoms with van der Waals surface area (Å²) in [5.41, 5.74) is 13.1. The van der Waals surface area contributed by atoms with Gasteiger partial charge < -0.3 is 11.5 Å². The second kappa shape index (κ2) is 8.09. The lowest BCUT2D eigenvalue weighted by molar-refractivity contribution is -0.109. The molecule has 1 aliphatic rings. The third-order valence-corrected chi connectivity index (χ3v) is 6.58. The highest BCUT2D eigenvalue weighted by molar-refractivity contribution is 5.08. The average molecular weight is 369 g/mol. The lowest BCUT2D eigenvalue weighted by Crippen LogP contribution is -2.69. The topological polar surface area (TPSA) is 55.3 Å². The molecule has 1 aliphatic carbocycles. The summed E-state index contributed by atoms with van der Waals surface area (Å²) in [5, 5.41) is 0. The Balaban J connectivity index is 3.32. The summed E-state index contributed by atoms with van der Waals surface area (Å²) < 4.78 is 0. The first-order chi connectivity index (χ1) is 11.6. The van der Waals surface area contributed by atoms with Crippen LogP contribution >= 0.6 is 0 Å². The van der Waals surface area contributed by atoms with Crippen molar-refractivity contribution in [2.24, 2.45) is 16.9 Å². The van der Waals surface area contributed by atoms with Crippen LogP contribution < -0.4 is 11.5 Å². The van der Waals surface area contributed by atoms with Crippen LogP contribution in [0.3, 0.4) is 0 Å². The molecule has 1 saturated carbocycles. The normalized spacial score (nSPS) is 19.8. The highest BCUT2D eigenvalue weighted by Gasteiger charge is 2.52. The molecule has 1 fully saturated rings. The molecule has 156 valence electrons. The lowest BCUT2D eigenvalue weighted by Gasteiger charge is -2.61. The third-order valence-electron chi connectivity index (χ3n) is 6.58. The summed E-state index contributed by atoms with van der Waals surface area (Å²) in [6.07, 6.45) is 10.7. The first kappa shape index (κ1) is 23.9. The van der Waals surface area contributed by atoms with E-state index in [9.17, 15) is 0 Å². The Bertz CT molecular complexity index is 417. The highest BCUT2D eigenvalue weighted by Crippen LogP contribution is 2.50. The Morgan fingerprint density at radius 2 is 1.27 bits per heavy atom. The number of hydrogen-bond acceptors (Lipinski definition) is 3. The summed E-state index contributed by atoms with van der Waals surface area (Å²) in [6, 6.07) is 0. The van der Waals surface area contributed by atoms with Crippen LogP contribution in [-0.4, -0.2) is 27.2 Å². The smallest absolute Gasteiger partial charge is 0.0689 e. The summed E-state index contributed by atoms with van der Waals surface area (Å²) >= 11 is 0. The molecule has 0 aliphatic heterocycles. The maximum atomic E-state index is 6.73. The summed E-state index contributed by atoms with van der Waals surface area (Å²) in [6.45, 7) is 21.1. The quantitative estimate of drug-likeness (QED) is 0.440. The highest BCUT2D eigenvalue weighted by atomic mass is 16.0. The molecule has 0 heterocycles. The first-order valence-electron chi connectivity index (χ1n) is 11.0. The van der Waals surface area contributed by atoms with Crippen molar-refractivity contribution in [3.8, 4) is 0 Å². The van der Waals surface area contributed by atoms with Crippen molar-refractivity contribution >= 4 is 0 Å². The van der Waals surface area contributed by atoms with E-state index in [-0.39, 0.29) is 22.0 Å². The minimum atomic E-state index is -0.616. The Morgan fingerprint density at radius 3 is 1.65 bits per heavy atom. The molecule has 3 heteroatoms. The van der Waals surface area contributed by atoms with E-state index in [1.54, 1.807) is 0 Å². The van der Waals surface area contributed by atoms with Crippen molar-refractivity contribution in [2.75, 3.05) is 0 Å². The molecule has 26 heavy (non-hydrogen) atoms. The molecule has 0 aromatic heterocycles. The van der Waals surface area contributed by atoms with Crippen LogP contribution in [0, 0.1) is 5.41 Å². The minimum Gasteiger partial charge on any atom is -0.313 e. The van der Waals surface area contributed by atoms with Crippen molar-refractivity contribution in [3.05, 3.63) is 0 Å². The molecule has 0 spiro atoms. The van der Waals surface area contributed by atoms with Gasteiger partial charge in [-0.2, -0.15) is 0 Å². The van der Waals surface area contributed by atoms with E-state index < -0.39 is 5.66 Å². The Labute approximate surface area is 164 Å². The van der Waals surface area contributed by atoms with Gasteiger partial charge in [-0.05, 0) is 72.6 Å². The van der Waals surface area contributed by atoms with Gasteiger partial charge in [-0.1, -0.05) is 52.9 Å². The molecule has 4 N–H and O–H groups in total. The second-order valence-electron chi connectivity index (χ2n) is 11.7. The van der Waals surface area contributed by atoms with Gasteiger partial charge in [-0.25, -0.2) is 0 Å². The van der Waals surface area contributed by atoms with Crippen molar-refractivity contribution in [1.82, 2.24) is 4.90 Å². The molecule has 0 aromatic rings. The molecule has 0 bridgehead atoms. The number of nitrogens with two attached hydrogens (primary N) is 2. The van der Waals surface area contributed by atoms with Gasteiger partial charge in [-0.3, -0.25) is 4.90 Å². The fourth-order valence-electron chi connectivity index (χ4n) is 5.91. The van der Waals surface area contributed by atoms with E-state index in [1.165, 1.54) is 32.1 Å². The monoisotopic (exact) mass is 368 g/mol. The maximum absolute atomic E-state index is 6.73. The van der Waals surface area contributed by atoms with Gasteiger partial charge in [0.05, 0.1) is 5.66 Å². The van der Waals surface area contributed by atoms with E-state index >= 15 is 0 Å². The van der Waals surface area contributed by atoms with Crippen molar-refractivity contribution in [3.63, 3.8) is 0 Å². The van der Waals surface area contributed by atoms with Gasteiger partial charge in [0.2, 0.25) is 0 Å². The van der Waals surface area contributed by atoms with Crippen LogP contribution in [0.15, 0.2) is 0 Å². The van der Waals surface area contributed by atoms with Gasteiger partial charge in [0.1, 0.15) is 0 Å². The van der Waals surface area contributed by atoms with Gasteiger partial charge in [0.25, 0.3) is 0 Å². The van der Waals surface area contributed by atoms with E-state index in [0.717, 1.165) is 25.7 Å². The molecule has 0 atom stereocenters. The van der Waals surface area contributed by atoms with Crippen LogP contribution in [0.4, 0.5) is 0 Å². The minimum absolute atomic E-state index is 0.103. The van der Waals surface area contributed by atoms with Crippen LogP contribution in [0.25, 0.3) is 0 Å². The van der Waals surface area contributed by atoms with Gasteiger partial charge >= 0.3 is 0 Å². The largest absolute Gasteiger partial charge is 0.313 e. The number of nitrogens with zero attached hydrogens (tertiary/aromatic N) is 1. The molecular formula is C23H49N3. The van der Waals surface area contributed by atoms with Crippen LogP contribution in [0.1, 0.15) is 120 Å². The molecule has 0 radical (unpaired) electrons. The SMILES string of the molecule is CCCCC(N)(N)C(C)(C)CC1([15N](C(C)(C)C)C(C)(C)C)CCCCC1. The third kappa shape index (κ3) is 5.45. The van der Waals surface area contributed by atoms with Gasteiger partial charge in [0, 0.05) is 16.6 Å². The van der Waals surface area contributed by atoms with Gasteiger partial charge in [-0.15, -0.1) is 0 Å². The van der Waals surface area contributed by atoms with Crippen LogP contribution in [-0.2, 0) is 0 Å². The lowest BCUT2D eigenvalue weighted by atomic mass is 9.65. The molecule has 0 aromatic carbocycles. The zero-order valence-electron chi connectivity index (χ0n) is 19.5. The maximum Gasteiger partial charge on any atom is 0.0689 e. The van der Waals surface area contributed by atoms with Crippen molar-refractivity contribution in [1.29, 1.82) is 0 Å². The molecule has 0 unspecified atom stereocenters. The molecule has 1 rings (SSSR count). The molecule has 0 saturated heterocycles. The summed E-state index contributed by atoms with van der Waals surface area (Å²) in [7, 11) is 0. The molecule has 3 nitrogen and oxygen atoms in total. The zero-order chi connectivity index (χ0) is 20.4. The predicted molar refractivity (Wildman–Crippen MR) is 116 cm³/mol. The summed E-state index contributed by atoms with van der Waals surface area (Å²) in [4.78, 5) is 2.81. The number of hydrogen-bond donors (Lipinski definition) is 2. The first-order valence-corrected chi connectivity index (χ1v) is 11.0. The van der Waals surface area contributed by atoms with Crippen molar-refractivity contribution < 1.29 is 0 Å². The van der Waals surface area contributed by atoms with Crippen LogP contribution in [0.5, 0.6) is 0 Å². The molecule has 0 amide bonds. The summed E-state index contributed by atoms with van der Waals surface area (Å²) in [5.74, 6) is 0. The predicted octanol–water partition coefficient (Wildman–Crippen LogP) is 5.81. The second-order valence-corrected chi connectivity index (χ2v) is 11.7. The zero-order valence-corrected chi connectivity index (χ0v) is 19.5. The average Bonchev–Trinajstić information content (AvgIpc) is 2.41. The fourth-order valence-corrected chi connectivity index (χ4v) is 5.91. The molecular weight excluding hydrogens is 319 g/mol. The Morgan fingerprint density at radius 1 is 0.808 bits per heavy atom. The number of unbranched alkanes of at least 4 members (excludes halogenated alkanes) is 1. The van der Waals surface area contributed by atoms with Gasteiger partial charge in [0.15, 0.2) is 0 Å². The fraction of sp³-hybridized carbons (Fsp3) is 1.00. The number of rotatable bonds is 7.